The molecule has 0 saturated heterocycles. The van der Waals surface area contributed by atoms with Crippen molar-refractivity contribution in [3.8, 4) is 0 Å². The molecule has 0 saturated carbocycles. The molecule has 0 radical (unpaired) electrons. The van der Waals surface area contributed by atoms with Crippen LogP contribution in [0.15, 0.2) is 53.0 Å². The minimum absolute atomic E-state index is 0.231. The van der Waals surface area contributed by atoms with E-state index in [4.69, 9.17) is 4.74 Å². The smallest absolute Gasteiger partial charge is 0.338 e. The average molecular weight is 362 g/mol. The van der Waals surface area contributed by atoms with Crippen LogP contribution in [0.5, 0.6) is 0 Å². The van der Waals surface area contributed by atoms with E-state index in [2.05, 4.69) is 15.9 Å². The highest BCUT2D eigenvalue weighted by molar-refractivity contribution is 9.10. The minimum atomic E-state index is -0.504. The summed E-state index contributed by atoms with van der Waals surface area (Å²) in [6.45, 7) is -0.268. The second kappa shape index (κ2) is 7.22. The van der Waals surface area contributed by atoms with Gasteiger partial charge in [0.25, 0.3) is 0 Å². The van der Waals surface area contributed by atoms with Gasteiger partial charge in [-0.1, -0.05) is 28.1 Å². The first kappa shape index (κ1) is 16.2. The molecule has 0 aromatic heterocycles. The molecule has 114 valence electrons. The summed E-state index contributed by atoms with van der Waals surface area (Å²) in [6.07, 6.45) is 0. The van der Waals surface area contributed by atoms with Crippen molar-refractivity contribution < 1.29 is 14.3 Å². The van der Waals surface area contributed by atoms with Crippen LogP contribution < -0.4 is 4.90 Å². The van der Waals surface area contributed by atoms with Gasteiger partial charge in [0.1, 0.15) is 0 Å². The Hall–Kier alpha value is -2.14. The number of halogens is 1. The molecule has 0 atom stereocenters. The van der Waals surface area contributed by atoms with Crippen LogP contribution in [-0.2, 0) is 4.74 Å². The van der Waals surface area contributed by atoms with Crippen molar-refractivity contribution in [2.75, 3.05) is 25.6 Å². The number of ether oxygens (including phenoxy) is 1. The minimum Gasteiger partial charge on any atom is -0.454 e. The fourth-order valence-electron chi connectivity index (χ4n) is 1.83. The Morgan fingerprint density at radius 3 is 2.05 bits per heavy atom. The Labute approximate surface area is 137 Å². The zero-order chi connectivity index (χ0) is 16.1. The highest BCUT2D eigenvalue weighted by Gasteiger charge is 2.12. The standard InChI is InChI=1S/C17H16BrNO3/c1-19(2)15-9-5-13(6-10-15)17(21)22-11-16(20)12-3-7-14(18)8-4-12/h3-10H,11H2,1-2H3. The van der Waals surface area contributed by atoms with Gasteiger partial charge in [0.05, 0.1) is 5.56 Å². The number of anilines is 1. The lowest BCUT2D eigenvalue weighted by Crippen LogP contribution is -2.14. The summed E-state index contributed by atoms with van der Waals surface area (Å²) in [5, 5.41) is 0. The lowest BCUT2D eigenvalue weighted by molar-refractivity contribution is 0.0475. The van der Waals surface area contributed by atoms with Gasteiger partial charge in [-0.25, -0.2) is 4.79 Å². The van der Waals surface area contributed by atoms with E-state index in [1.54, 1.807) is 36.4 Å². The van der Waals surface area contributed by atoms with Gasteiger partial charge < -0.3 is 9.64 Å². The summed E-state index contributed by atoms with van der Waals surface area (Å²) in [7, 11) is 3.84. The number of benzene rings is 2. The van der Waals surface area contributed by atoms with Crippen LogP contribution in [0.4, 0.5) is 5.69 Å². The Kier molecular flexibility index (Phi) is 5.33. The second-order valence-electron chi connectivity index (χ2n) is 4.95. The number of carbonyl (C=O) groups excluding carboxylic acids is 2. The first-order valence-electron chi connectivity index (χ1n) is 6.70. The van der Waals surface area contributed by atoms with Crippen LogP contribution in [0.25, 0.3) is 0 Å². The molecule has 5 heteroatoms. The topological polar surface area (TPSA) is 46.6 Å². The maximum atomic E-state index is 11.9. The first-order valence-corrected chi connectivity index (χ1v) is 7.50. The number of hydrogen-bond acceptors (Lipinski definition) is 4. The number of hydrogen-bond donors (Lipinski definition) is 0. The quantitative estimate of drug-likeness (QED) is 0.603. The highest BCUT2D eigenvalue weighted by Crippen LogP contribution is 2.14. The summed E-state index contributed by atoms with van der Waals surface area (Å²) in [5.41, 5.74) is 1.93. The molecule has 0 fully saturated rings. The van der Waals surface area contributed by atoms with Gasteiger partial charge in [-0.3, -0.25) is 4.79 Å². The molecule has 2 aromatic rings. The molecule has 0 spiro atoms. The Balaban J connectivity index is 1.94. The SMILES string of the molecule is CN(C)c1ccc(C(=O)OCC(=O)c2ccc(Br)cc2)cc1. The Morgan fingerprint density at radius 2 is 1.50 bits per heavy atom. The fourth-order valence-corrected chi connectivity index (χ4v) is 2.09. The van der Waals surface area contributed by atoms with Crippen LogP contribution in [0.3, 0.4) is 0 Å². The van der Waals surface area contributed by atoms with Crippen LogP contribution in [0, 0.1) is 0 Å². The maximum Gasteiger partial charge on any atom is 0.338 e. The van der Waals surface area contributed by atoms with Gasteiger partial charge in [-0.15, -0.1) is 0 Å². The van der Waals surface area contributed by atoms with Crippen molar-refractivity contribution in [3.63, 3.8) is 0 Å². The molecular weight excluding hydrogens is 346 g/mol. The largest absolute Gasteiger partial charge is 0.454 e. The predicted molar refractivity (Wildman–Crippen MR) is 89.5 cm³/mol. The first-order chi connectivity index (χ1) is 10.5. The molecule has 0 heterocycles. The fraction of sp³-hybridized carbons (Fsp3) is 0.176. The van der Waals surface area contributed by atoms with E-state index in [1.165, 1.54) is 0 Å². The van der Waals surface area contributed by atoms with Crippen molar-refractivity contribution in [3.05, 3.63) is 64.1 Å². The van der Waals surface area contributed by atoms with Crippen LogP contribution >= 0.6 is 15.9 Å². The van der Waals surface area contributed by atoms with Gasteiger partial charge in [-0.2, -0.15) is 0 Å². The zero-order valence-electron chi connectivity index (χ0n) is 12.4. The summed E-state index contributed by atoms with van der Waals surface area (Å²) >= 11 is 3.30. The number of rotatable bonds is 5. The van der Waals surface area contributed by atoms with E-state index in [-0.39, 0.29) is 12.4 Å². The molecule has 0 aliphatic rings. The molecule has 0 aliphatic carbocycles. The van der Waals surface area contributed by atoms with Crippen molar-refractivity contribution in [1.29, 1.82) is 0 Å². The van der Waals surface area contributed by atoms with Crippen LogP contribution in [0.1, 0.15) is 20.7 Å². The number of esters is 1. The van der Waals surface area contributed by atoms with Crippen molar-refractivity contribution in [2.24, 2.45) is 0 Å². The van der Waals surface area contributed by atoms with Gasteiger partial charge in [0, 0.05) is 29.8 Å². The Morgan fingerprint density at radius 1 is 0.955 bits per heavy atom. The predicted octanol–water partition coefficient (Wildman–Crippen LogP) is 3.55. The van der Waals surface area contributed by atoms with E-state index in [0.717, 1.165) is 10.2 Å². The average Bonchev–Trinajstić information content (AvgIpc) is 2.53. The maximum absolute atomic E-state index is 11.9. The molecular formula is C17H16BrNO3. The highest BCUT2D eigenvalue weighted by atomic mass is 79.9. The third-order valence-corrected chi connectivity index (χ3v) is 3.65. The third kappa shape index (κ3) is 4.18. The molecule has 0 N–H and O–H groups in total. The normalized spacial score (nSPS) is 10.1. The summed E-state index contributed by atoms with van der Waals surface area (Å²) in [6, 6.07) is 13.9. The molecule has 2 rings (SSSR count). The number of carbonyl (C=O) groups is 2. The number of ketones is 1. The third-order valence-electron chi connectivity index (χ3n) is 3.12. The van der Waals surface area contributed by atoms with Crippen LogP contribution in [0.2, 0.25) is 0 Å². The van der Waals surface area contributed by atoms with Crippen molar-refractivity contribution >= 4 is 33.4 Å². The van der Waals surface area contributed by atoms with Gasteiger partial charge >= 0.3 is 5.97 Å². The van der Waals surface area contributed by atoms with Gasteiger partial charge in [0.2, 0.25) is 0 Å². The van der Waals surface area contributed by atoms with E-state index in [0.29, 0.717) is 11.1 Å². The van der Waals surface area contributed by atoms with E-state index in [1.807, 2.05) is 31.1 Å². The molecule has 22 heavy (non-hydrogen) atoms. The van der Waals surface area contributed by atoms with E-state index >= 15 is 0 Å². The Bertz CT molecular complexity index is 663. The molecule has 0 unspecified atom stereocenters. The van der Waals surface area contributed by atoms with Crippen molar-refractivity contribution in [1.82, 2.24) is 0 Å². The summed E-state index contributed by atoms with van der Waals surface area (Å²) < 4.78 is 5.95. The molecule has 2 aromatic carbocycles. The van der Waals surface area contributed by atoms with E-state index in [9.17, 15) is 9.59 Å². The van der Waals surface area contributed by atoms with Gasteiger partial charge in [-0.05, 0) is 36.4 Å². The summed E-state index contributed by atoms with van der Waals surface area (Å²) in [4.78, 5) is 25.8. The number of nitrogens with zero attached hydrogens (tertiary/aromatic N) is 1. The monoisotopic (exact) mass is 361 g/mol. The van der Waals surface area contributed by atoms with Crippen LogP contribution in [-0.4, -0.2) is 32.5 Å². The zero-order valence-corrected chi connectivity index (χ0v) is 14.0. The second-order valence-corrected chi connectivity index (χ2v) is 5.86. The molecule has 4 nitrogen and oxygen atoms in total. The molecule has 0 aliphatic heterocycles. The lowest BCUT2D eigenvalue weighted by atomic mass is 10.1. The lowest BCUT2D eigenvalue weighted by Gasteiger charge is -2.12. The van der Waals surface area contributed by atoms with E-state index < -0.39 is 5.97 Å². The number of Topliss-reactive ketones (excluding diaryl/α,β-unsaturated/α-hetero) is 1. The molecule has 0 bridgehead atoms. The molecule has 0 amide bonds. The van der Waals surface area contributed by atoms with Gasteiger partial charge in [0.15, 0.2) is 12.4 Å². The van der Waals surface area contributed by atoms with Crippen molar-refractivity contribution in [2.45, 2.75) is 0 Å². The summed E-state index contributed by atoms with van der Waals surface area (Å²) in [5.74, 6) is -0.735.